The van der Waals surface area contributed by atoms with Gasteiger partial charge in [0.05, 0.1) is 18.6 Å². The molecule has 0 fully saturated rings. The van der Waals surface area contributed by atoms with Crippen molar-refractivity contribution < 1.29 is 22.7 Å². The predicted octanol–water partition coefficient (Wildman–Crippen LogP) is -0.437. The molecule has 0 aromatic heterocycles. The highest BCUT2D eigenvalue weighted by Gasteiger charge is 2.15. The first-order valence-electron chi connectivity index (χ1n) is 5.75. The fraction of sp³-hybridized carbons (Fsp3) is 0.333. The average molecular weight is 300 g/mol. The van der Waals surface area contributed by atoms with Crippen LogP contribution in [0.1, 0.15) is 5.56 Å². The van der Waals surface area contributed by atoms with E-state index in [9.17, 15) is 18.0 Å². The van der Waals surface area contributed by atoms with E-state index in [1.54, 1.807) is 12.1 Å². The molecule has 0 aliphatic rings. The number of benzene rings is 1. The number of amides is 1. The Hall–Kier alpha value is -1.93. The number of carbonyl (C=O) groups is 2. The van der Waals surface area contributed by atoms with Gasteiger partial charge in [0.15, 0.2) is 0 Å². The van der Waals surface area contributed by atoms with E-state index in [2.05, 4.69) is 14.8 Å². The molecule has 1 rings (SSSR count). The zero-order valence-electron chi connectivity index (χ0n) is 11.2. The molecule has 0 atom stereocenters. The van der Waals surface area contributed by atoms with E-state index in [1.807, 2.05) is 6.92 Å². The summed E-state index contributed by atoms with van der Waals surface area (Å²) in [5.41, 5.74) is 0.930. The van der Waals surface area contributed by atoms with Crippen molar-refractivity contribution >= 4 is 21.9 Å². The first-order chi connectivity index (χ1) is 9.35. The molecule has 2 N–H and O–H groups in total. The minimum atomic E-state index is -3.74. The standard InChI is InChI=1S/C12H16N2O5S/c1-9-3-5-10(6-4-9)20(17,18)14-7-11(15)13-8-12(16)19-2/h3-6,14H,7-8H2,1-2H3,(H,13,15). The van der Waals surface area contributed by atoms with Gasteiger partial charge in [-0.1, -0.05) is 17.7 Å². The Morgan fingerprint density at radius 2 is 1.75 bits per heavy atom. The Labute approximate surface area is 117 Å². The molecular formula is C12H16N2O5S. The van der Waals surface area contributed by atoms with Crippen molar-refractivity contribution in [2.24, 2.45) is 0 Å². The number of ether oxygens (including phenoxy) is 1. The Kier molecular flexibility index (Phi) is 5.66. The van der Waals surface area contributed by atoms with Crippen LogP contribution in [0.5, 0.6) is 0 Å². The monoisotopic (exact) mass is 300 g/mol. The molecule has 1 aromatic rings. The number of hydrogen-bond donors (Lipinski definition) is 2. The van der Waals surface area contributed by atoms with Crippen LogP contribution in [0.25, 0.3) is 0 Å². The third-order valence-corrected chi connectivity index (χ3v) is 3.83. The van der Waals surface area contributed by atoms with E-state index in [-0.39, 0.29) is 11.4 Å². The highest BCUT2D eigenvalue weighted by Crippen LogP contribution is 2.09. The number of carbonyl (C=O) groups excluding carboxylic acids is 2. The summed E-state index contributed by atoms with van der Waals surface area (Å²) in [5, 5.41) is 2.23. The maximum Gasteiger partial charge on any atom is 0.325 e. The predicted molar refractivity (Wildman–Crippen MR) is 71.4 cm³/mol. The summed E-state index contributed by atoms with van der Waals surface area (Å²) in [4.78, 5) is 22.2. The van der Waals surface area contributed by atoms with Crippen LogP contribution in [0.3, 0.4) is 0 Å². The maximum atomic E-state index is 11.9. The van der Waals surface area contributed by atoms with E-state index in [0.29, 0.717) is 0 Å². The molecule has 7 nitrogen and oxygen atoms in total. The quantitative estimate of drug-likeness (QED) is 0.694. The molecule has 110 valence electrons. The van der Waals surface area contributed by atoms with Crippen molar-refractivity contribution in [1.29, 1.82) is 0 Å². The van der Waals surface area contributed by atoms with Gasteiger partial charge >= 0.3 is 5.97 Å². The normalized spacial score (nSPS) is 10.9. The fourth-order valence-electron chi connectivity index (χ4n) is 1.27. The summed E-state index contributed by atoms with van der Waals surface area (Å²) in [5.74, 6) is -1.23. The number of methoxy groups -OCH3 is 1. The summed E-state index contributed by atoms with van der Waals surface area (Å²) >= 11 is 0. The lowest BCUT2D eigenvalue weighted by Crippen LogP contribution is -2.39. The van der Waals surface area contributed by atoms with E-state index in [0.717, 1.165) is 5.56 Å². The lowest BCUT2D eigenvalue weighted by molar-refractivity contribution is -0.141. The number of esters is 1. The fourth-order valence-corrected chi connectivity index (χ4v) is 2.25. The maximum absolute atomic E-state index is 11.9. The largest absolute Gasteiger partial charge is 0.468 e. The highest BCUT2D eigenvalue weighted by molar-refractivity contribution is 7.89. The topological polar surface area (TPSA) is 102 Å². The van der Waals surface area contributed by atoms with Gasteiger partial charge < -0.3 is 10.1 Å². The van der Waals surface area contributed by atoms with Crippen LogP contribution >= 0.6 is 0 Å². The molecule has 0 bridgehead atoms. The van der Waals surface area contributed by atoms with Gasteiger partial charge in [0.25, 0.3) is 0 Å². The Bertz CT molecular complexity index is 580. The second-order valence-corrected chi connectivity index (χ2v) is 5.76. The molecule has 0 spiro atoms. The van der Waals surface area contributed by atoms with Crippen LogP contribution in [-0.4, -0.2) is 40.5 Å². The van der Waals surface area contributed by atoms with Crippen LogP contribution < -0.4 is 10.0 Å². The number of rotatable bonds is 6. The minimum Gasteiger partial charge on any atom is -0.468 e. The number of sulfonamides is 1. The van der Waals surface area contributed by atoms with Gasteiger partial charge in [-0.3, -0.25) is 9.59 Å². The van der Waals surface area contributed by atoms with Crippen molar-refractivity contribution in [3.63, 3.8) is 0 Å². The van der Waals surface area contributed by atoms with E-state index < -0.39 is 28.4 Å². The van der Waals surface area contributed by atoms with Gasteiger partial charge in [0.2, 0.25) is 15.9 Å². The second kappa shape index (κ2) is 7.01. The third-order valence-electron chi connectivity index (χ3n) is 2.41. The molecule has 0 unspecified atom stereocenters. The summed E-state index contributed by atoms with van der Waals surface area (Å²) < 4.78 is 30.2. The first kappa shape index (κ1) is 16.1. The summed E-state index contributed by atoms with van der Waals surface area (Å²) in [6.07, 6.45) is 0. The zero-order chi connectivity index (χ0) is 15.2. The zero-order valence-corrected chi connectivity index (χ0v) is 12.0. The van der Waals surface area contributed by atoms with Crippen molar-refractivity contribution in [3.05, 3.63) is 29.8 Å². The summed E-state index contributed by atoms with van der Waals surface area (Å²) in [6, 6.07) is 6.21. The van der Waals surface area contributed by atoms with Gasteiger partial charge in [-0.05, 0) is 19.1 Å². The summed E-state index contributed by atoms with van der Waals surface area (Å²) in [6.45, 7) is 1.08. The van der Waals surface area contributed by atoms with Crippen LogP contribution in [-0.2, 0) is 24.3 Å². The highest BCUT2D eigenvalue weighted by atomic mass is 32.2. The SMILES string of the molecule is COC(=O)CNC(=O)CNS(=O)(=O)c1ccc(C)cc1. The molecule has 0 aliphatic heterocycles. The molecule has 0 saturated heterocycles. The van der Waals surface area contributed by atoms with Crippen molar-refractivity contribution in [3.8, 4) is 0 Å². The van der Waals surface area contributed by atoms with E-state index in [1.165, 1.54) is 19.2 Å². The lowest BCUT2D eigenvalue weighted by atomic mass is 10.2. The number of hydrogen-bond acceptors (Lipinski definition) is 5. The van der Waals surface area contributed by atoms with Crippen LogP contribution in [0, 0.1) is 6.92 Å². The molecule has 0 radical (unpaired) electrons. The van der Waals surface area contributed by atoms with Crippen LogP contribution in [0.15, 0.2) is 29.2 Å². The number of nitrogens with one attached hydrogen (secondary N) is 2. The minimum absolute atomic E-state index is 0.0730. The van der Waals surface area contributed by atoms with Gasteiger partial charge in [-0.25, -0.2) is 13.1 Å². The van der Waals surface area contributed by atoms with E-state index in [4.69, 9.17) is 0 Å². The molecule has 0 heterocycles. The molecule has 0 aliphatic carbocycles. The van der Waals surface area contributed by atoms with Gasteiger partial charge in [-0.2, -0.15) is 0 Å². The van der Waals surface area contributed by atoms with Gasteiger partial charge in [-0.15, -0.1) is 0 Å². The van der Waals surface area contributed by atoms with Crippen molar-refractivity contribution in [2.45, 2.75) is 11.8 Å². The van der Waals surface area contributed by atoms with Crippen molar-refractivity contribution in [2.75, 3.05) is 20.2 Å². The molecule has 0 saturated carbocycles. The van der Waals surface area contributed by atoms with Gasteiger partial charge in [0, 0.05) is 0 Å². The number of aryl methyl sites for hydroxylation is 1. The smallest absolute Gasteiger partial charge is 0.325 e. The third kappa shape index (κ3) is 4.98. The second-order valence-electron chi connectivity index (χ2n) is 3.99. The molecular weight excluding hydrogens is 284 g/mol. The van der Waals surface area contributed by atoms with Crippen LogP contribution in [0.4, 0.5) is 0 Å². The molecule has 1 amide bonds. The Balaban J connectivity index is 2.53. The van der Waals surface area contributed by atoms with Crippen LogP contribution in [0.2, 0.25) is 0 Å². The molecule has 1 aromatic carbocycles. The van der Waals surface area contributed by atoms with Crippen molar-refractivity contribution in [1.82, 2.24) is 10.0 Å². The Morgan fingerprint density at radius 1 is 1.15 bits per heavy atom. The molecule has 8 heteroatoms. The summed E-state index contributed by atoms with van der Waals surface area (Å²) in [7, 11) is -2.55. The first-order valence-corrected chi connectivity index (χ1v) is 7.23. The average Bonchev–Trinajstić information content (AvgIpc) is 2.43. The van der Waals surface area contributed by atoms with E-state index >= 15 is 0 Å². The lowest BCUT2D eigenvalue weighted by Gasteiger charge is -2.07. The van der Waals surface area contributed by atoms with Gasteiger partial charge in [0.1, 0.15) is 6.54 Å². The molecule has 20 heavy (non-hydrogen) atoms. The Morgan fingerprint density at radius 3 is 2.30 bits per heavy atom.